The molecule has 0 spiro atoms. The Balaban J connectivity index is 1.30. The molecule has 0 unspecified atom stereocenters. The Morgan fingerprint density at radius 2 is 1.54 bits per heavy atom. The molecule has 0 aromatic heterocycles. The largest absolute Gasteiger partial charge is 0.456 e. The topological polar surface area (TPSA) is 38.8 Å². The van der Waals surface area contributed by atoms with Crippen LogP contribution >= 0.6 is 0 Å². The molecule has 2 atom stereocenters. The molecule has 39 heavy (non-hydrogen) atoms. The number of esters is 1. The van der Waals surface area contributed by atoms with Crippen LogP contribution < -0.4 is 4.74 Å². The summed E-state index contributed by atoms with van der Waals surface area (Å²) < 4.78 is 13.1. The number of piperidine rings is 1. The van der Waals surface area contributed by atoms with Crippen LogP contribution in [0, 0.1) is 6.92 Å². The average Bonchev–Trinajstić information content (AvgIpc) is 3.05. The molecule has 4 nitrogen and oxygen atoms in total. The lowest BCUT2D eigenvalue weighted by molar-refractivity contribution is -0.170. The number of carbonyl (C=O) groups is 1. The van der Waals surface area contributed by atoms with Gasteiger partial charge in [-0.1, -0.05) is 120 Å². The molecule has 0 bridgehead atoms. The van der Waals surface area contributed by atoms with Crippen molar-refractivity contribution < 1.29 is 14.3 Å². The number of unbranched alkanes of at least 4 members (excludes halogenated alkanes) is 12. The lowest BCUT2D eigenvalue weighted by Crippen LogP contribution is -2.49. The predicted octanol–water partition coefficient (Wildman–Crippen LogP) is 9.44. The van der Waals surface area contributed by atoms with Crippen LogP contribution in [-0.2, 0) is 15.1 Å². The fraction of sp³-hybridized carbons (Fsp3) is 0.629. The van der Waals surface area contributed by atoms with Gasteiger partial charge in [-0.25, -0.2) is 0 Å². The number of ether oxygens (including phenoxy) is 2. The van der Waals surface area contributed by atoms with E-state index in [-0.39, 0.29) is 11.9 Å². The Labute approximate surface area is 237 Å². The number of rotatable bonds is 15. The minimum atomic E-state index is -0.699. The molecule has 214 valence electrons. The first-order valence-corrected chi connectivity index (χ1v) is 15.8. The van der Waals surface area contributed by atoms with Crippen molar-refractivity contribution in [1.82, 2.24) is 4.90 Å². The van der Waals surface area contributed by atoms with E-state index in [0.717, 1.165) is 60.5 Å². The molecular formula is C35H51NO3. The second-order valence-electron chi connectivity index (χ2n) is 12.0. The maximum absolute atomic E-state index is 13.4. The van der Waals surface area contributed by atoms with Gasteiger partial charge >= 0.3 is 5.97 Å². The first-order valence-electron chi connectivity index (χ1n) is 15.8. The van der Waals surface area contributed by atoms with Crippen LogP contribution in [0.3, 0.4) is 0 Å². The number of hydrogen-bond donors (Lipinski definition) is 0. The van der Waals surface area contributed by atoms with Crippen LogP contribution in [-0.4, -0.2) is 31.0 Å². The summed E-state index contributed by atoms with van der Waals surface area (Å²) in [6, 6.07) is 14.5. The number of carbonyl (C=O) groups excluding carboxylic acids is 1. The van der Waals surface area contributed by atoms with Crippen LogP contribution in [0.1, 0.15) is 126 Å². The standard InChI is InChI=1S/C35H51NO3/c1-4-5-6-7-8-9-10-11-12-13-14-15-16-24-33(37)39-35-25-26-36(3)27-31(35)29-21-19-20-28(2)34(29)38-32-23-18-17-22-30(32)35/h17-23,31H,4-16,24-27H2,1-3H3/t31-,35-/m0/s1. The zero-order valence-corrected chi connectivity index (χ0v) is 24.8. The van der Waals surface area contributed by atoms with Gasteiger partial charge < -0.3 is 14.4 Å². The van der Waals surface area contributed by atoms with Gasteiger partial charge in [-0.3, -0.25) is 4.79 Å². The molecule has 2 aliphatic heterocycles. The lowest BCUT2D eigenvalue weighted by Gasteiger charge is -2.46. The second-order valence-corrected chi connectivity index (χ2v) is 12.0. The number of aryl methyl sites for hydroxylation is 1. The van der Waals surface area contributed by atoms with Gasteiger partial charge in [0.15, 0.2) is 5.60 Å². The van der Waals surface area contributed by atoms with Crippen molar-refractivity contribution in [2.45, 2.75) is 122 Å². The number of nitrogens with zero attached hydrogens (tertiary/aromatic N) is 1. The maximum Gasteiger partial charge on any atom is 0.306 e. The highest BCUT2D eigenvalue weighted by Crippen LogP contribution is 2.55. The van der Waals surface area contributed by atoms with E-state index >= 15 is 0 Å². The summed E-state index contributed by atoms with van der Waals surface area (Å²) in [6.07, 6.45) is 18.2. The number of para-hydroxylation sites is 2. The van der Waals surface area contributed by atoms with Crippen LogP contribution in [0.4, 0.5) is 0 Å². The maximum atomic E-state index is 13.4. The first-order chi connectivity index (χ1) is 19.0. The Morgan fingerprint density at radius 1 is 0.897 bits per heavy atom. The highest BCUT2D eigenvalue weighted by Gasteiger charge is 2.51. The van der Waals surface area contributed by atoms with Crippen LogP contribution in [0.2, 0.25) is 0 Å². The zero-order valence-electron chi connectivity index (χ0n) is 24.8. The first kappa shape index (κ1) is 29.6. The van der Waals surface area contributed by atoms with E-state index in [1.54, 1.807) is 0 Å². The Hall–Kier alpha value is -2.33. The van der Waals surface area contributed by atoms with E-state index in [4.69, 9.17) is 9.47 Å². The molecular weight excluding hydrogens is 482 g/mol. The summed E-state index contributed by atoms with van der Waals surface area (Å²) in [6.45, 7) is 6.10. The van der Waals surface area contributed by atoms with E-state index < -0.39 is 5.60 Å². The average molecular weight is 534 g/mol. The Morgan fingerprint density at radius 3 is 2.23 bits per heavy atom. The van der Waals surface area contributed by atoms with Gasteiger partial charge in [0.1, 0.15) is 11.5 Å². The van der Waals surface area contributed by atoms with Gasteiger partial charge in [0, 0.05) is 43.0 Å². The molecule has 0 aliphatic carbocycles. The fourth-order valence-electron chi connectivity index (χ4n) is 6.58. The molecule has 2 aliphatic rings. The quantitative estimate of drug-likeness (QED) is 0.169. The van der Waals surface area contributed by atoms with E-state index in [2.05, 4.69) is 50.1 Å². The normalized spacial score (nSPS) is 20.3. The van der Waals surface area contributed by atoms with Gasteiger partial charge in [-0.15, -0.1) is 0 Å². The third-order valence-corrected chi connectivity index (χ3v) is 8.88. The fourth-order valence-corrected chi connectivity index (χ4v) is 6.58. The predicted molar refractivity (Wildman–Crippen MR) is 161 cm³/mol. The number of benzene rings is 2. The third kappa shape index (κ3) is 7.66. The molecule has 1 saturated heterocycles. The molecule has 0 N–H and O–H groups in total. The molecule has 4 heteroatoms. The molecule has 2 aromatic rings. The van der Waals surface area contributed by atoms with Crippen molar-refractivity contribution in [2.75, 3.05) is 20.1 Å². The van der Waals surface area contributed by atoms with Gasteiger partial charge in [-0.2, -0.15) is 0 Å². The summed E-state index contributed by atoms with van der Waals surface area (Å²) in [5.41, 5.74) is 2.57. The third-order valence-electron chi connectivity index (χ3n) is 8.88. The van der Waals surface area contributed by atoms with Crippen molar-refractivity contribution >= 4 is 5.97 Å². The van der Waals surface area contributed by atoms with E-state index in [9.17, 15) is 4.79 Å². The van der Waals surface area contributed by atoms with Crippen LogP contribution in [0.5, 0.6) is 11.5 Å². The molecule has 0 amide bonds. The van der Waals surface area contributed by atoms with Crippen molar-refractivity contribution in [2.24, 2.45) is 0 Å². The number of likely N-dealkylation sites (tertiary alicyclic amines) is 1. The van der Waals surface area contributed by atoms with E-state index in [0.29, 0.717) is 6.42 Å². The van der Waals surface area contributed by atoms with Gasteiger partial charge in [0.25, 0.3) is 0 Å². The molecule has 1 fully saturated rings. The zero-order chi connectivity index (χ0) is 27.5. The SMILES string of the molecule is CCCCCCCCCCCCCCCC(=O)O[C@]12CCN(C)C[C@H]1c1cccc(C)c1Oc1ccccc12. The van der Waals surface area contributed by atoms with Gasteiger partial charge in [0.05, 0.1) is 0 Å². The van der Waals surface area contributed by atoms with Crippen molar-refractivity contribution in [3.63, 3.8) is 0 Å². The Kier molecular flexibility index (Phi) is 11.3. The van der Waals surface area contributed by atoms with Crippen molar-refractivity contribution in [3.8, 4) is 11.5 Å². The van der Waals surface area contributed by atoms with Gasteiger partial charge in [0.2, 0.25) is 0 Å². The number of hydrogen-bond acceptors (Lipinski definition) is 4. The second kappa shape index (κ2) is 14.9. The summed E-state index contributed by atoms with van der Waals surface area (Å²) >= 11 is 0. The summed E-state index contributed by atoms with van der Waals surface area (Å²) in [4.78, 5) is 15.7. The molecule has 2 heterocycles. The summed E-state index contributed by atoms with van der Waals surface area (Å²) in [5, 5.41) is 0. The minimum absolute atomic E-state index is 0.0328. The lowest BCUT2D eigenvalue weighted by atomic mass is 9.72. The van der Waals surface area contributed by atoms with Crippen molar-refractivity contribution in [3.05, 3.63) is 59.2 Å². The molecule has 0 saturated carbocycles. The minimum Gasteiger partial charge on any atom is -0.456 e. The van der Waals surface area contributed by atoms with Gasteiger partial charge in [-0.05, 0) is 32.0 Å². The summed E-state index contributed by atoms with van der Waals surface area (Å²) in [5.74, 6) is 1.69. The van der Waals surface area contributed by atoms with Crippen molar-refractivity contribution in [1.29, 1.82) is 0 Å². The smallest absolute Gasteiger partial charge is 0.306 e. The Bertz CT molecular complexity index is 1050. The molecule has 2 aromatic carbocycles. The highest BCUT2D eigenvalue weighted by atomic mass is 16.6. The molecule has 4 rings (SSSR count). The highest BCUT2D eigenvalue weighted by molar-refractivity contribution is 5.71. The molecule has 0 radical (unpaired) electrons. The van der Waals surface area contributed by atoms with E-state index in [1.165, 1.54) is 70.6 Å². The van der Waals surface area contributed by atoms with Crippen LogP contribution in [0.15, 0.2) is 42.5 Å². The van der Waals surface area contributed by atoms with Crippen LogP contribution in [0.25, 0.3) is 0 Å². The number of likely N-dealkylation sites (N-methyl/N-ethyl adjacent to an activating group) is 1. The number of fused-ring (bicyclic) bond motifs is 5. The summed E-state index contributed by atoms with van der Waals surface area (Å²) in [7, 11) is 2.16. The van der Waals surface area contributed by atoms with E-state index in [1.807, 2.05) is 18.2 Å². The monoisotopic (exact) mass is 533 g/mol.